The van der Waals surface area contributed by atoms with Gasteiger partial charge in [0.1, 0.15) is 4.88 Å². The van der Waals surface area contributed by atoms with Gasteiger partial charge in [-0.3, -0.25) is 4.79 Å². The smallest absolute Gasteiger partial charge is 0.363 e. The number of ether oxygens (including phenoxy) is 3. The number of rotatable bonds is 5. The summed E-state index contributed by atoms with van der Waals surface area (Å²) >= 11 is 7.88. The lowest BCUT2D eigenvalue weighted by molar-refractivity contribution is -0.132. The number of fused-ring (bicyclic) bond motifs is 1. The highest BCUT2D eigenvalue weighted by atomic mass is 35.5. The first kappa shape index (κ1) is 20.1. The number of carbonyl (C=O) groups is 2. The molecule has 0 spiro atoms. The van der Waals surface area contributed by atoms with Crippen molar-refractivity contribution in [1.82, 2.24) is 0 Å². The fourth-order valence-corrected chi connectivity index (χ4v) is 4.38. The predicted molar refractivity (Wildman–Crippen MR) is 116 cm³/mol. The number of hydrogen-bond donors (Lipinski definition) is 0. The predicted octanol–water partition coefficient (Wildman–Crippen LogP) is 5.22. The molecular formula is C22H16ClNO5S. The van der Waals surface area contributed by atoms with E-state index in [9.17, 15) is 9.59 Å². The molecule has 2 heterocycles. The summed E-state index contributed by atoms with van der Waals surface area (Å²) < 4.78 is 17.0. The molecule has 0 aliphatic carbocycles. The molecule has 4 rings (SSSR count). The molecule has 0 radical (unpaired) electrons. The largest absolute Gasteiger partial charge is 0.490 e. The molecule has 0 atom stereocenters. The quantitative estimate of drug-likeness (QED) is 0.308. The number of benzene rings is 2. The van der Waals surface area contributed by atoms with Gasteiger partial charge in [0.15, 0.2) is 17.2 Å². The van der Waals surface area contributed by atoms with E-state index in [4.69, 9.17) is 25.8 Å². The Hall–Kier alpha value is -3.16. The highest BCUT2D eigenvalue weighted by Gasteiger charge is 2.28. The van der Waals surface area contributed by atoms with Crippen molar-refractivity contribution in [2.24, 2.45) is 4.99 Å². The van der Waals surface area contributed by atoms with Crippen LogP contribution in [0.25, 0.3) is 16.2 Å². The topological polar surface area (TPSA) is 74.2 Å². The van der Waals surface area contributed by atoms with E-state index < -0.39 is 11.9 Å². The van der Waals surface area contributed by atoms with Crippen LogP contribution in [0.2, 0.25) is 5.02 Å². The Labute approximate surface area is 181 Å². The molecule has 1 aliphatic rings. The lowest BCUT2D eigenvalue weighted by atomic mass is 10.1. The molecule has 8 heteroatoms. The van der Waals surface area contributed by atoms with E-state index in [0.717, 1.165) is 10.1 Å². The standard InChI is InChI=1S/C22H16ClNO5S/c1-3-27-17-11-13(8-9-16(17)28-12(2)25)10-15-22(26)29-21(24-15)20-19(23)14-6-4-5-7-18(14)30-20/h4-11H,3H2,1-2H3/b15-10+. The van der Waals surface area contributed by atoms with Crippen LogP contribution < -0.4 is 9.47 Å². The van der Waals surface area contributed by atoms with Crippen molar-refractivity contribution in [1.29, 1.82) is 0 Å². The molecule has 2 aromatic carbocycles. The molecule has 0 saturated heterocycles. The third kappa shape index (κ3) is 3.94. The van der Waals surface area contributed by atoms with Crippen molar-refractivity contribution in [3.05, 3.63) is 63.6 Å². The van der Waals surface area contributed by atoms with Crippen molar-refractivity contribution in [3.8, 4) is 11.5 Å². The molecule has 0 fully saturated rings. The second-order valence-electron chi connectivity index (χ2n) is 6.31. The van der Waals surface area contributed by atoms with Crippen LogP contribution in [0.4, 0.5) is 0 Å². The van der Waals surface area contributed by atoms with Crippen molar-refractivity contribution in [2.45, 2.75) is 13.8 Å². The maximum atomic E-state index is 12.4. The van der Waals surface area contributed by atoms with Gasteiger partial charge >= 0.3 is 11.9 Å². The summed E-state index contributed by atoms with van der Waals surface area (Å²) in [4.78, 5) is 28.6. The van der Waals surface area contributed by atoms with E-state index in [0.29, 0.717) is 33.6 Å². The van der Waals surface area contributed by atoms with Crippen LogP contribution in [0.3, 0.4) is 0 Å². The number of thiophene rings is 1. The molecule has 0 unspecified atom stereocenters. The molecule has 1 aliphatic heterocycles. The van der Waals surface area contributed by atoms with Crippen LogP contribution >= 0.6 is 22.9 Å². The summed E-state index contributed by atoms with van der Waals surface area (Å²) in [7, 11) is 0. The number of esters is 2. The summed E-state index contributed by atoms with van der Waals surface area (Å²) in [5.41, 5.74) is 0.787. The zero-order valence-corrected chi connectivity index (χ0v) is 17.7. The van der Waals surface area contributed by atoms with Crippen molar-refractivity contribution in [2.75, 3.05) is 6.61 Å². The molecule has 152 valence electrons. The van der Waals surface area contributed by atoms with E-state index in [2.05, 4.69) is 4.99 Å². The first-order valence-corrected chi connectivity index (χ1v) is 10.3. The minimum atomic E-state index is -0.569. The van der Waals surface area contributed by atoms with Crippen LogP contribution in [0.1, 0.15) is 24.3 Å². The summed E-state index contributed by atoms with van der Waals surface area (Å²) in [5.74, 6) is -0.137. The Kier molecular flexibility index (Phi) is 5.57. The number of carbonyl (C=O) groups excluding carboxylic acids is 2. The highest BCUT2D eigenvalue weighted by molar-refractivity contribution is 7.21. The molecule has 0 amide bonds. The monoisotopic (exact) mass is 441 g/mol. The van der Waals surface area contributed by atoms with Gasteiger partial charge in [0, 0.05) is 17.0 Å². The van der Waals surface area contributed by atoms with Gasteiger partial charge in [0.25, 0.3) is 0 Å². The number of hydrogen-bond acceptors (Lipinski definition) is 7. The van der Waals surface area contributed by atoms with E-state index in [1.54, 1.807) is 24.3 Å². The zero-order valence-electron chi connectivity index (χ0n) is 16.1. The summed E-state index contributed by atoms with van der Waals surface area (Å²) in [6, 6.07) is 12.6. The maximum absolute atomic E-state index is 12.4. The first-order valence-electron chi connectivity index (χ1n) is 9.11. The Balaban J connectivity index is 1.69. The van der Waals surface area contributed by atoms with Crippen LogP contribution in [-0.4, -0.2) is 24.4 Å². The fraction of sp³-hybridized carbons (Fsp3) is 0.136. The summed E-state index contributed by atoms with van der Waals surface area (Å²) in [6.07, 6.45) is 1.58. The summed E-state index contributed by atoms with van der Waals surface area (Å²) in [5, 5.41) is 1.39. The zero-order chi connectivity index (χ0) is 21.3. The van der Waals surface area contributed by atoms with E-state index in [1.807, 2.05) is 31.2 Å². The molecule has 30 heavy (non-hydrogen) atoms. The Bertz CT molecular complexity index is 1230. The highest BCUT2D eigenvalue weighted by Crippen LogP contribution is 2.37. The maximum Gasteiger partial charge on any atom is 0.363 e. The van der Waals surface area contributed by atoms with Crippen LogP contribution in [0, 0.1) is 0 Å². The molecule has 0 bridgehead atoms. The number of cyclic esters (lactones) is 1. The van der Waals surface area contributed by atoms with Gasteiger partial charge in [0.2, 0.25) is 5.90 Å². The molecule has 1 aromatic heterocycles. The number of aliphatic imine (C=N–C) groups is 1. The van der Waals surface area contributed by atoms with E-state index in [1.165, 1.54) is 18.3 Å². The molecule has 3 aromatic rings. The minimum absolute atomic E-state index is 0.140. The van der Waals surface area contributed by atoms with E-state index >= 15 is 0 Å². The van der Waals surface area contributed by atoms with Gasteiger partial charge in [-0.15, -0.1) is 11.3 Å². The fourth-order valence-electron chi connectivity index (χ4n) is 2.94. The van der Waals surface area contributed by atoms with Crippen molar-refractivity contribution >= 4 is 56.9 Å². The van der Waals surface area contributed by atoms with Crippen molar-refractivity contribution < 1.29 is 23.8 Å². The average Bonchev–Trinajstić information content (AvgIpc) is 3.24. The lowest BCUT2D eigenvalue weighted by Crippen LogP contribution is -2.04. The van der Waals surface area contributed by atoms with Crippen molar-refractivity contribution in [3.63, 3.8) is 0 Å². The second-order valence-corrected chi connectivity index (χ2v) is 7.74. The Morgan fingerprint density at radius 1 is 1.23 bits per heavy atom. The Morgan fingerprint density at radius 3 is 2.77 bits per heavy atom. The third-order valence-corrected chi connectivity index (χ3v) is 5.84. The molecule has 0 saturated carbocycles. The SMILES string of the molecule is CCOc1cc(/C=C2/N=C(c3sc4ccccc4c3Cl)OC2=O)ccc1OC(C)=O. The van der Waals surface area contributed by atoms with Gasteiger partial charge in [-0.1, -0.05) is 35.9 Å². The summed E-state index contributed by atoms with van der Waals surface area (Å²) in [6.45, 7) is 3.53. The second kappa shape index (κ2) is 8.30. The average molecular weight is 442 g/mol. The van der Waals surface area contributed by atoms with Crippen LogP contribution in [0.5, 0.6) is 11.5 Å². The van der Waals surface area contributed by atoms with Gasteiger partial charge in [0.05, 0.1) is 11.6 Å². The molecule has 6 nitrogen and oxygen atoms in total. The normalized spacial score (nSPS) is 14.7. The molecular weight excluding hydrogens is 426 g/mol. The first-order chi connectivity index (χ1) is 14.5. The molecule has 0 N–H and O–H groups in total. The van der Waals surface area contributed by atoms with Gasteiger partial charge in [-0.2, -0.15) is 0 Å². The van der Waals surface area contributed by atoms with E-state index in [-0.39, 0.29) is 11.6 Å². The van der Waals surface area contributed by atoms with Gasteiger partial charge in [-0.25, -0.2) is 9.79 Å². The number of halogens is 1. The lowest BCUT2D eigenvalue weighted by Gasteiger charge is -2.10. The minimum Gasteiger partial charge on any atom is -0.490 e. The van der Waals surface area contributed by atoms with Crippen LogP contribution in [0.15, 0.2) is 53.2 Å². The Morgan fingerprint density at radius 2 is 2.03 bits per heavy atom. The third-order valence-electron chi connectivity index (χ3n) is 4.17. The number of nitrogens with zero attached hydrogens (tertiary/aromatic N) is 1. The van der Waals surface area contributed by atoms with Gasteiger partial charge in [-0.05, 0) is 36.8 Å². The van der Waals surface area contributed by atoms with Gasteiger partial charge < -0.3 is 14.2 Å². The van der Waals surface area contributed by atoms with Crippen LogP contribution in [-0.2, 0) is 14.3 Å².